The highest BCUT2D eigenvalue weighted by Gasteiger charge is 2.14. The van der Waals surface area contributed by atoms with E-state index in [0.717, 1.165) is 22.6 Å². The van der Waals surface area contributed by atoms with Gasteiger partial charge in [-0.2, -0.15) is 0 Å². The molecule has 6 nitrogen and oxygen atoms in total. The fraction of sp³-hybridized carbons (Fsp3) is 0.0769. The molecule has 0 spiro atoms. The molecule has 3 N–H and O–H groups in total. The molecule has 0 saturated heterocycles. The third-order valence-electron chi connectivity index (χ3n) is 8.18. The molecule has 64 heavy (non-hydrogen) atoms. The molecule has 0 amide bonds. The van der Waals surface area contributed by atoms with Crippen LogP contribution in [0.25, 0.3) is 0 Å². The van der Waals surface area contributed by atoms with Gasteiger partial charge in [0.2, 0.25) is 8.15 Å². The van der Waals surface area contributed by atoms with E-state index >= 15 is 0 Å². The molecule has 8 aromatic rings. The molecule has 12 heteroatoms. The molecule has 4 atom stereocenters. The molecule has 8 rings (SSSR count). The number of halogens is 2. The van der Waals surface area contributed by atoms with Crippen molar-refractivity contribution in [3.8, 4) is 34.5 Å². The summed E-state index contributed by atoms with van der Waals surface area (Å²) in [4.78, 5) is 1.97. The van der Waals surface area contributed by atoms with Gasteiger partial charge in [0.25, 0.3) is 0 Å². The maximum Gasteiger partial charge on any atom is 0.207 e. The summed E-state index contributed by atoms with van der Waals surface area (Å²) in [5, 5.41) is 31.3. The summed E-state index contributed by atoms with van der Waals surface area (Å²) in [6, 6.07) is 69.4. The van der Waals surface area contributed by atoms with Crippen LogP contribution < -0.4 is 34.8 Å². The van der Waals surface area contributed by atoms with E-state index in [9.17, 15) is 0 Å². The van der Waals surface area contributed by atoms with E-state index in [2.05, 4.69) is 104 Å². The fourth-order valence-corrected chi connectivity index (χ4v) is 8.20. The topological polar surface area (TPSA) is 88.4 Å². The molecule has 4 unspecified atom stereocenters. The van der Waals surface area contributed by atoms with E-state index in [1.807, 2.05) is 114 Å². The molecule has 0 heterocycles. The number of benzene rings is 8. The number of rotatable bonds is 10. The summed E-state index contributed by atoms with van der Waals surface area (Å²) in [6.07, 6.45) is 0. The predicted molar refractivity (Wildman–Crippen MR) is 291 cm³/mol. The van der Waals surface area contributed by atoms with Crippen LogP contribution in [0.2, 0.25) is 0 Å². The molecule has 0 aliphatic heterocycles. The Labute approximate surface area is 404 Å². The zero-order valence-corrected chi connectivity index (χ0v) is 43.0. The minimum atomic E-state index is -0.932. The highest BCUT2D eigenvalue weighted by Crippen LogP contribution is 2.33. The third-order valence-corrected chi connectivity index (χ3v) is 12.9. The molecular weight excluding hydrogens is 1010 g/mol. The third kappa shape index (κ3) is 23.8. The molecular formula is C52H55ClIO6P4+. The maximum atomic E-state index is 9.09. The van der Waals surface area contributed by atoms with Gasteiger partial charge in [0, 0.05) is 18.5 Å². The standard InChI is InChI=1S/C14H15OP.C13H13OP.C12H11O2P.C6H6ClP.C6H6O2.CH3I/c1-12-8-10-13(11-9-12)15-16(2)14-6-4-3-5-7-14;1-11-7-9-12(10-8-11)14-15-13-5-3-2-4-6-13;13-10-6-8-11(9-7-10)14-15-12-4-2-1-3-5-12;7-8-6-4-2-1-3-5-6;7-5-1-2-6(8)4-3-5;1-2/h3-11H,1-2H3;2-10,15H,1H3;1-9,13,15H;1-5,8H;1-4,7-8H;1H3/p+1. The molecule has 332 valence electrons. The van der Waals surface area contributed by atoms with Crippen LogP contribution in [0.4, 0.5) is 0 Å². The van der Waals surface area contributed by atoms with Gasteiger partial charge in [-0.25, -0.2) is 0 Å². The monoisotopic (exact) mass is 1060 g/mol. The smallest absolute Gasteiger partial charge is 0.207 e. The molecule has 0 aliphatic carbocycles. The molecule has 0 saturated carbocycles. The lowest BCUT2D eigenvalue weighted by Gasteiger charge is -2.06. The first-order valence-electron chi connectivity index (χ1n) is 19.9. The fourth-order valence-electron chi connectivity index (χ4n) is 4.84. The number of alkyl halides is 1. The van der Waals surface area contributed by atoms with Crippen LogP contribution in [0.5, 0.6) is 34.5 Å². The van der Waals surface area contributed by atoms with E-state index in [4.69, 9.17) is 40.1 Å². The van der Waals surface area contributed by atoms with Crippen LogP contribution in [-0.2, 0) is 0 Å². The van der Waals surface area contributed by atoms with Crippen LogP contribution in [0.1, 0.15) is 11.1 Å². The first-order chi connectivity index (χ1) is 31.2. The Morgan fingerprint density at radius 3 is 1.05 bits per heavy atom. The van der Waals surface area contributed by atoms with Gasteiger partial charge in [0.05, 0.1) is 6.66 Å². The van der Waals surface area contributed by atoms with Gasteiger partial charge < -0.3 is 28.9 Å². The highest BCUT2D eigenvalue weighted by molar-refractivity contribution is 14.1. The van der Waals surface area contributed by atoms with E-state index in [1.54, 1.807) is 24.3 Å². The van der Waals surface area contributed by atoms with E-state index < -0.39 is 8.15 Å². The summed E-state index contributed by atoms with van der Waals surface area (Å²) in [7, 11) is 0.146. The van der Waals surface area contributed by atoms with Crippen molar-refractivity contribution in [1.29, 1.82) is 0 Å². The Kier molecular flexibility index (Phi) is 27.6. The molecule has 0 fully saturated rings. The first kappa shape index (κ1) is 53.6. The van der Waals surface area contributed by atoms with Crippen molar-refractivity contribution in [2.75, 3.05) is 11.6 Å². The minimum absolute atomic E-state index is 0.169. The average Bonchev–Trinajstić information content (AvgIpc) is 3.35. The Balaban J connectivity index is 0.000000216. The second-order valence-electron chi connectivity index (χ2n) is 13.3. The number of aromatic hydroxyl groups is 3. The highest BCUT2D eigenvalue weighted by atomic mass is 127. The molecule has 0 bridgehead atoms. The molecule has 0 radical (unpaired) electrons. The first-order valence-corrected chi connectivity index (χ1v) is 27.8. The Morgan fingerprint density at radius 2 is 0.703 bits per heavy atom. The average molecular weight is 1060 g/mol. The van der Waals surface area contributed by atoms with E-state index in [-0.39, 0.29) is 17.2 Å². The molecule has 0 aliphatic rings. The largest absolute Gasteiger partial charge is 0.508 e. The SMILES string of the molecule is CI.Cc1ccc(OPc2ccccc2)cc1.Cc1ccc(O[PH+](C)c2ccccc2)cc1.ClPc1ccccc1.Oc1ccc(O)cc1.Oc1ccc(OPc2ccccc2)cc1. The van der Waals surface area contributed by atoms with Crippen molar-refractivity contribution in [2.45, 2.75) is 13.8 Å². The van der Waals surface area contributed by atoms with Crippen molar-refractivity contribution in [3.05, 3.63) is 230 Å². The van der Waals surface area contributed by atoms with Gasteiger partial charge in [-0.3, -0.25) is 0 Å². The number of hydrogen-bond donors (Lipinski definition) is 3. The number of hydrogen-bond acceptors (Lipinski definition) is 6. The minimum Gasteiger partial charge on any atom is -0.508 e. The second-order valence-corrected chi connectivity index (χ2v) is 18.5. The number of phenolic OH excluding ortho intramolecular Hbond substituents is 3. The van der Waals surface area contributed by atoms with Crippen LogP contribution in [-0.4, -0.2) is 26.9 Å². The van der Waals surface area contributed by atoms with Crippen LogP contribution in [0.15, 0.2) is 218 Å². The van der Waals surface area contributed by atoms with Crippen LogP contribution >= 0.6 is 67.5 Å². The summed E-state index contributed by atoms with van der Waals surface area (Å²) < 4.78 is 17.2. The lowest BCUT2D eigenvalue weighted by atomic mass is 10.2. The lowest BCUT2D eigenvalue weighted by molar-refractivity contribution is 0.460. The second kappa shape index (κ2) is 32.9. The van der Waals surface area contributed by atoms with Crippen molar-refractivity contribution < 1.29 is 28.9 Å². The van der Waals surface area contributed by atoms with E-state index in [0.29, 0.717) is 25.5 Å². The van der Waals surface area contributed by atoms with Crippen molar-refractivity contribution in [3.63, 3.8) is 0 Å². The van der Waals surface area contributed by atoms with Gasteiger partial charge >= 0.3 is 0 Å². The Morgan fingerprint density at radius 1 is 0.406 bits per heavy atom. The van der Waals surface area contributed by atoms with Gasteiger partial charge in [-0.15, -0.1) is 0 Å². The van der Waals surface area contributed by atoms with E-state index in [1.165, 1.54) is 51.3 Å². The Hall–Kier alpha value is -4.70. The predicted octanol–water partition coefficient (Wildman–Crippen LogP) is 13.7. The van der Waals surface area contributed by atoms with Crippen molar-refractivity contribution in [1.82, 2.24) is 0 Å². The number of aryl methyl sites for hydroxylation is 2. The van der Waals surface area contributed by atoms with Crippen LogP contribution in [0.3, 0.4) is 0 Å². The summed E-state index contributed by atoms with van der Waals surface area (Å²) in [5.41, 5.74) is 2.52. The van der Waals surface area contributed by atoms with Gasteiger partial charge in [0.15, 0.2) is 5.75 Å². The normalized spacial score (nSPS) is 10.6. The maximum absolute atomic E-state index is 9.09. The van der Waals surface area contributed by atoms with Crippen LogP contribution in [0, 0.1) is 13.8 Å². The van der Waals surface area contributed by atoms with Crippen molar-refractivity contribution >= 4 is 88.7 Å². The zero-order chi connectivity index (χ0) is 46.2. The van der Waals surface area contributed by atoms with Gasteiger partial charge in [-0.1, -0.05) is 178 Å². The summed E-state index contributed by atoms with van der Waals surface area (Å²) in [6.45, 7) is 6.32. The Bertz CT molecular complexity index is 2250. The summed E-state index contributed by atoms with van der Waals surface area (Å²) in [5.74, 6) is 3.26. The molecule has 8 aromatic carbocycles. The molecule has 0 aromatic heterocycles. The zero-order valence-electron chi connectivity index (χ0n) is 36.1. The summed E-state index contributed by atoms with van der Waals surface area (Å²) >= 11 is 7.70. The van der Waals surface area contributed by atoms with Crippen molar-refractivity contribution in [2.24, 2.45) is 0 Å². The van der Waals surface area contributed by atoms with Gasteiger partial charge in [0.1, 0.15) is 51.7 Å². The van der Waals surface area contributed by atoms with Gasteiger partial charge in [-0.05, 0) is 109 Å². The lowest BCUT2D eigenvalue weighted by Crippen LogP contribution is -2.02. The quantitative estimate of drug-likeness (QED) is 0.0547. The number of phenols is 3.